The zero-order valence-electron chi connectivity index (χ0n) is 21.8. The molecule has 0 fully saturated rings. The van der Waals surface area contributed by atoms with E-state index in [1.807, 2.05) is 36.4 Å². The zero-order valence-corrected chi connectivity index (χ0v) is 21.8. The molecule has 0 unspecified atom stereocenters. The van der Waals surface area contributed by atoms with Crippen LogP contribution in [0.2, 0.25) is 0 Å². The Bertz CT molecular complexity index is 1000. The van der Waals surface area contributed by atoms with Gasteiger partial charge >= 0.3 is 12.2 Å². The van der Waals surface area contributed by atoms with Crippen molar-refractivity contribution in [2.75, 3.05) is 23.8 Å². The second kappa shape index (κ2) is 13.0. The average molecular weight is 491 g/mol. The second-order valence-corrected chi connectivity index (χ2v) is 9.91. The van der Waals surface area contributed by atoms with Gasteiger partial charge in [-0.25, -0.2) is 9.59 Å². The lowest BCUT2D eigenvalue weighted by molar-refractivity contribution is -0.0318. The molecule has 0 spiro atoms. The van der Waals surface area contributed by atoms with Crippen LogP contribution in [0.5, 0.6) is 0 Å². The van der Waals surface area contributed by atoms with Crippen molar-refractivity contribution in [3.05, 3.63) is 84.0 Å². The molecule has 0 radical (unpaired) electrons. The highest BCUT2D eigenvalue weighted by Gasteiger charge is 2.46. The molecule has 2 aromatic rings. The van der Waals surface area contributed by atoms with Crippen molar-refractivity contribution < 1.29 is 19.1 Å². The highest BCUT2D eigenvalue weighted by molar-refractivity contribution is 5.85. The third-order valence-corrected chi connectivity index (χ3v) is 6.94. The van der Waals surface area contributed by atoms with Crippen molar-refractivity contribution in [3.63, 3.8) is 0 Å². The van der Waals surface area contributed by atoms with Crippen LogP contribution in [0.4, 0.5) is 21.0 Å². The first-order chi connectivity index (χ1) is 17.3. The predicted molar refractivity (Wildman–Crippen MR) is 145 cm³/mol. The molecule has 0 saturated carbocycles. The zero-order chi connectivity index (χ0) is 26.0. The fourth-order valence-electron chi connectivity index (χ4n) is 4.70. The molecule has 2 aromatic carbocycles. The summed E-state index contributed by atoms with van der Waals surface area (Å²) in [5, 5.41) is 5.54. The van der Waals surface area contributed by atoms with E-state index < -0.39 is 17.6 Å². The summed E-state index contributed by atoms with van der Waals surface area (Å²) < 4.78 is 11.5. The monoisotopic (exact) mass is 490 g/mol. The summed E-state index contributed by atoms with van der Waals surface area (Å²) in [6, 6.07) is 18.4. The van der Waals surface area contributed by atoms with E-state index in [1.165, 1.54) is 11.1 Å². The minimum atomic E-state index is -0.540. The van der Waals surface area contributed by atoms with Gasteiger partial charge in [0.15, 0.2) is 0 Å². The third kappa shape index (κ3) is 7.74. The Balaban J connectivity index is 1.71. The van der Waals surface area contributed by atoms with Crippen molar-refractivity contribution in [1.29, 1.82) is 0 Å². The molecule has 0 saturated heterocycles. The summed E-state index contributed by atoms with van der Waals surface area (Å²) >= 11 is 0. The van der Waals surface area contributed by atoms with E-state index in [9.17, 15) is 9.59 Å². The highest BCUT2D eigenvalue weighted by atomic mass is 16.6. The maximum atomic E-state index is 12.6. The van der Waals surface area contributed by atoms with Crippen LogP contribution in [0.3, 0.4) is 0 Å². The quantitative estimate of drug-likeness (QED) is 0.351. The van der Waals surface area contributed by atoms with Crippen LogP contribution in [0.25, 0.3) is 0 Å². The summed E-state index contributed by atoms with van der Waals surface area (Å²) in [5.74, 6) is 0.199. The van der Waals surface area contributed by atoms with Crippen LogP contribution in [0.1, 0.15) is 47.0 Å². The number of ether oxygens (including phenoxy) is 2. The number of carbonyl (C=O) groups is 2. The largest absolute Gasteiger partial charge is 0.449 e. The first-order valence-corrected chi connectivity index (χ1v) is 12.6. The van der Waals surface area contributed by atoms with Gasteiger partial charge in [0.05, 0.1) is 0 Å². The van der Waals surface area contributed by atoms with Gasteiger partial charge in [0.1, 0.15) is 13.2 Å². The maximum Gasteiger partial charge on any atom is 0.411 e. The molecule has 0 aliphatic heterocycles. The van der Waals surface area contributed by atoms with E-state index in [0.717, 1.165) is 19.3 Å². The van der Waals surface area contributed by atoms with Gasteiger partial charge in [-0.2, -0.15) is 0 Å². The molecule has 6 heteroatoms. The number of allylic oxidation sites excluding steroid dienone is 4. The van der Waals surface area contributed by atoms with Crippen molar-refractivity contribution in [1.82, 2.24) is 0 Å². The van der Waals surface area contributed by atoms with Gasteiger partial charge in [0.25, 0.3) is 0 Å². The predicted octanol–water partition coefficient (Wildman–Crippen LogP) is 7.82. The third-order valence-electron chi connectivity index (χ3n) is 6.94. The number of nitrogens with one attached hydrogen (secondary N) is 2. The summed E-state index contributed by atoms with van der Waals surface area (Å²) in [6.45, 7) is 8.78. The molecular weight excluding hydrogens is 452 g/mol. The molecule has 0 heterocycles. The maximum absolute atomic E-state index is 12.6. The van der Waals surface area contributed by atoms with E-state index >= 15 is 0 Å². The second-order valence-electron chi connectivity index (χ2n) is 9.91. The van der Waals surface area contributed by atoms with Crippen LogP contribution < -0.4 is 10.6 Å². The first-order valence-electron chi connectivity index (χ1n) is 12.6. The molecule has 2 atom stereocenters. The van der Waals surface area contributed by atoms with E-state index in [0.29, 0.717) is 11.4 Å². The van der Waals surface area contributed by atoms with Crippen molar-refractivity contribution in [2.45, 2.75) is 47.0 Å². The van der Waals surface area contributed by atoms with Crippen LogP contribution in [0.15, 0.2) is 84.0 Å². The minimum Gasteiger partial charge on any atom is -0.449 e. The molecular formula is C30H38N2O4. The molecule has 6 nitrogen and oxygen atoms in total. The molecule has 1 aliphatic carbocycles. The fraction of sp³-hybridized carbons (Fsp3) is 0.400. The molecule has 192 valence electrons. The smallest absolute Gasteiger partial charge is 0.411 e. The van der Waals surface area contributed by atoms with Gasteiger partial charge < -0.3 is 9.47 Å². The van der Waals surface area contributed by atoms with Gasteiger partial charge in [-0.3, -0.25) is 10.6 Å². The van der Waals surface area contributed by atoms with Crippen molar-refractivity contribution in [2.24, 2.45) is 17.3 Å². The Hall–Kier alpha value is -3.54. The average Bonchev–Trinajstić information content (AvgIpc) is 2.84. The first kappa shape index (κ1) is 27.1. The van der Waals surface area contributed by atoms with E-state index in [1.54, 1.807) is 24.3 Å². The molecule has 2 N–H and O–H groups in total. The number of carbonyl (C=O) groups excluding carboxylic acids is 2. The molecule has 0 bridgehead atoms. The lowest BCUT2D eigenvalue weighted by Gasteiger charge is -2.45. The Kier molecular flexibility index (Phi) is 9.74. The Morgan fingerprint density at radius 1 is 0.889 bits per heavy atom. The van der Waals surface area contributed by atoms with E-state index in [-0.39, 0.29) is 25.0 Å². The summed E-state index contributed by atoms with van der Waals surface area (Å²) in [7, 11) is 0. The Morgan fingerprint density at radius 3 is 1.83 bits per heavy atom. The van der Waals surface area contributed by atoms with Gasteiger partial charge in [0.2, 0.25) is 0 Å². The van der Waals surface area contributed by atoms with E-state index in [4.69, 9.17) is 9.47 Å². The van der Waals surface area contributed by atoms with Crippen LogP contribution in [-0.2, 0) is 9.47 Å². The van der Waals surface area contributed by atoms with Crippen LogP contribution >= 0.6 is 0 Å². The highest BCUT2D eigenvalue weighted by Crippen LogP contribution is 2.46. The van der Waals surface area contributed by atoms with Crippen LogP contribution in [-0.4, -0.2) is 25.4 Å². The fourth-order valence-corrected chi connectivity index (χ4v) is 4.70. The summed E-state index contributed by atoms with van der Waals surface area (Å²) in [4.78, 5) is 25.2. The van der Waals surface area contributed by atoms with Crippen molar-refractivity contribution >= 4 is 23.6 Å². The van der Waals surface area contributed by atoms with E-state index in [2.05, 4.69) is 50.5 Å². The number of anilines is 2. The molecule has 1 aliphatic rings. The van der Waals surface area contributed by atoms with Crippen LogP contribution in [0, 0.1) is 17.3 Å². The number of amides is 2. The number of hydrogen-bond acceptors (Lipinski definition) is 4. The number of hydrogen-bond donors (Lipinski definition) is 2. The minimum absolute atomic E-state index is 0.0528. The summed E-state index contributed by atoms with van der Waals surface area (Å²) in [5.41, 5.74) is 3.51. The van der Waals surface area contributed by atoms with Crippen molar-refractivity contribution in [3.8, 4) is 0 Å². The Morgan fingerprint density at radius 2 is 1.39 bits per heavy atom. The summed E-state index contributed by atoms with van der Waals surface area (Å²) in [6.07, 6.45) is 6.36. The standard InChI is InChI=1S/C30H38N2O4/c1-22(2)12-11-13-25-18-23(3)30(24(4)19-25,20-35-28(33)31-26-14-7-5-8-15-26)21-36-29(34)32-27-16-9-6-10-17-27/h5-10,12,14-18,23-24H,11,13,19-21H2,1-4H3,(H,31,33)(H,32,34)/t23-,24-/m0/s1. The van der Waals surface area contributed by atoms with Gasteiger partial charge in [0, 0.05) is 16.8 Å². The number of rotatable bonds is 9. The molecule has 0 aromatic heterocycles. The molecule has 3 rings (SSSR count). The number of benzene rings is 2. The van der Waals surface area contributed by atoms with Gasteiger partial charge in [-0.05, 0) is 69.2 Å². The Labute approximate surface area is 214 Å². The number of para-hydroxylation sites is 2. The molecule has 36 heavy (non-hydrogen) atoms. The normalized spacial score (nSPS) is 18.4. The SMILES string of the molecule is CC(C)=CCCC1=C[C@H](C)C(COC(=O)Nc2ccccc2)(COC(=O)Nc2ccccc2)[C@@H](C)C1. The topological polar surface area (TPSA) is 76.7 Å². The lowest BCUT2D eigenvalue weighted by atomic mass is 9.62. The lowest BCUT2D eigenvalue weighted by Crippen LogP contribution is -2.47. The van der Waals surface area contributed by atoms with Gasteiger partial charge in [-0.1, -0.05) is 73.5 Å². The van der Waals surface area contributed by atoms with Gasteiger partial charge in [-0.15, -0.1) is 0 Å². The molecule has 2 amide bonds.